The molecule has 0 aliphatic carbocycles. The molecule has 0 aromatic heterocycles. The van der Waals surface area contributed by atoms with Crippen LogP contribution in [0.3, 0.4) is 0 Å². The van der Waals surface area contributed by atoms with Crippen LogP contribution in [0.4, 0.5) is 5.69 Å². The SMILES string of the molecule is COc1ccc(C)cc1C1=CSC(Cc2cc(C)c(NC3=NCCCN3)cc2C)N1C. The van der Waals surface area contributed by atoms with E-state index in [4.69, 9.17) is 4.74 Å². The topological polar surface area (TPSA) is 48.9 Å². The quantitative estimate of drug-likeness (QED) is 0.696. The molecule has 164 valence electrons. The van der Waals surface area contributed by atoms with Gasteiger partial charge in [0.1, 0.15) is 5.75 Å². The van der Waals surface area contributed by atoms with Gasteiger partial charge in [-0.15, -0.1) is 11.8 Å². The Kier molecular flexibility index (Phi) is 6.46. The van der Waals surface area contributed by atoms with Gasteiger partial charge in [-0.1, -0.05) is 17.7 Å². The van der Waals surface area contributed by atoms with E-state index in [1.54, 1.807) is 7.11 Å². The van der Waals surface area contributed by atoms with Gasteiger partial charge in [0.05, 0.1) is 18.2 Å². The van der Waals surface area contributed by atoms with Gasteiger partial charge in [-0.05, 0) is 67.5 Å². The van der Waals surface area contributed by atoms with Crippen LogP contribution in [-0.2, 0) is 6.42 Å². The van der Waals surface area contributed by atoms with Crippen LogP contribution in [0.1, 0.15) is 34.2 Å². The van der Waals surface area contributed by atoms with Crippen molar-refractivity contribution in [3.05, 3.63) is 63.6 Å². The summed E-state index contributed by atoms with van der Waals surface area (Å²) in [6.07, 6.45) is 2.08. The summed E-state index contributed by atoms with van der Waals surface area (Å²) in [5.41, 5.74) is 8.69. The van der Waals surface area contributed by atoms with Crippen molar-refractivity contribution in [1.82, 2.24) is 10.2 Å². The monoisotopic (exact) mass is 436 g/mol. The molecule has 1 atom stereocenters. The van der Waals surface area contributed by atoms with Gasteiger partial charge in [0.2, 0.25) is 0 Å². The Bertz CT molecular complexity index is 1030. The summed E-state index contributed by atoms with van der Waals surface area (Å²) < 4.78 is 5.63. The van der Waals surface area contributed by atoms with E-state index in [1.165, 1.54) is 28.0 Å². The van der Waals surface area contributed by atoms with Crippen molar-refractivity contribution in [2.45, 2.75) is 39.0 Å². The van der Waals surface area contributed by atoms with Crippen molar-refractivity contribution in [1.29, 1.82) is 0 Å². The van der Waals surface area contributed by atoms with Crippen molar-refractivity contribution in [2.24, 2.45) is 4.99 Å². The van der Waals surface area contributed by atoms with Crippen LogP contribution in [0.15, 0.2) is 40.7 Å². The lowest BCUT2D eigenvalue weighted by Gasteiger charge is -2.26. The lowest BCUT2D eigenvalue weighted by atomic mass is 10.0. The number of aliphatic imine (C=N–C) groups is 1. The van der Waals surface area contributed by atoms with Crippen LogP contribution in [0.2, 0.25) is 0 Å². The first-order valence-corrected chi connectivity index (χ1v) is 11.8. The summed E-state index contributed by atoms with van der Waals surface area (Å²) in [4.78, 5) is 6.91. The molecule has 0 saturated heterocycles. The first-order chi connectivity index (χ1) is 15.0. The van der Waals surface area contributed by atoms with Gasteiger partial charge in [-0.3, -0.25) is 4.99 Å². The second-order valence-electron chi connectivity index (χ2n) is 8.34. The van der Waals surface area contributed by atoms with E-state index in [-0.39, 0.29) is 0 Å². The number of nitrogens with one attached hydrogen (secondary N) is 2. The lowest BCUT2D eigenvalue weighted by molar-refractivity contribution is 0.407. The Morgan fingerprint density at radius 2 is 2.03 bits per heavy atom. The zero-order valence-corrected chi connectivity index (χ0v) is 19.9. The minimum absolute atomic E-state index is 0.363. The molecule has 2 aromatic rings. The van der Waals surface area contributed by atoms with Gasteiger partial charge in [0.25, 0.3) is 0 Å². The number of ether oxygens (including phenoxy) is 1. The van der Waals surface area contributed by atoms with E-state index in [1.807, 2.05) is 11.8 Å². The average molecular weight is 437 g/mol. The highest BCUT2D eigenvalue weighted by atomic mass is 32.2. The highest BCUT2D eigenvalue weighted by molar-refractivity contribution is 8.03. The normalized spacial score (nSPS) is 18.4. The average Bonchev–Trinajstić information content (AvgIpc) is 3.12. The number of hydrogen-bond acceptors (Lipinski definition) is 6. The molecule has 6 heteroatoms. The van der Waals surface area contributed by atoms with Crippen molar-refractivity contribution >= 4 is 29.1 Å². The summed E-state index contributed by atoms with van der Waals surface area (Å²) in [6, 6.07) is 10.9. The van der Waals surface area contributed by atoms with Gasteiger partial charge < -0.3 is 20.3 Å². The zero-order chi connectivity index (χ0) is 22.0. The van der Waals surface area contributed by atoms with Crippen LogP contribution in [0, 0.1) is 20.8 Å². The van der Waals surface area contributed by atoms with Gasteiger partial charge in [-0.2, -0.15) is 0 Å². The maximum absolute atomic E-state index is 5.63. The number of aryl methyl sites for hydroxylation is 3. The first kappa shape index (κ1) is 21.6. The number of anilines is 1. The highest BCUT2D eigenvalue weighted by Gasteiger charge is 2.27. The molecule has 0 radical (unpaired) electrons. The third kappa shape index (κ3) is 4.69. The maximum atomic E-state index is 5.63. The van der Waals surface area contributed by atoms with E-state index < -0.39 is 0 Å². The summed E-state index contributed by atoms with van der Waals surface area (Å²) in [5, 5.41) is 9.44. The lowest BCUT2D eigenvalue weighted by Crippen LogP contribution is -2.35. The molecule has 0 saturated carbocycles. The molecule has 4 rings (SSSR count). The van der Waals surface area contributed by atoms with Crippen molar-refractivity contribution in [3.8, 4) is 5.75 Å². The number of thioether (sulfide) groups is 1. The summed E-state index contributed by atoms with van der Waals surface area (Å²) in [6.45, 7) is 8.36. The molecule has 31 heavy (non-hydrogen) atoms. The predicted molar refractivity (Wildman–Crippen MR) is 133 cm³/mol. The van der Waals surface area contributed by atoms with E-state index in [2.05, 4.69) is 84.1 Å². The smallest absolute Gasteiger partial charge is 0.195 e. The fourth-order valence-corrected chi connectivity index (χ4v) is 5.25. The maximum Gasteiger partial charge on any atom is 0.195 e. The number of likely N-dealkylation sites (N-methyl/N-ethyl adjacent to an activating group) is 1. The molecule has 1 unspecified atom stereocenters. The van der Waals surface area contributed by atoms with Crippen LogP contribution >= 0.6 is 11.8 Å². The zero-order valence-electron chi connectivity index (χ0n) is 19.1. The Morgan fingerprint density at radius 1 is 1.19 bits per heavy atom. The van der Waals surface area contributed by atoms with Crippen LogP contribution in [0.5, 0.6) is 5.75 Å². The molecule has 0 amide bonds. The highest BCUT2D eigenvalue weighted by Crippen LogP contribution is 2.40. The number of guanidine groups is 1. The Morgan fingerprint density at radius 3 is 2.77 bits per heavy atom. The first-order valence-electron chi connectivity index (χ1n) is 10.8. The molecule has 2 aliphatic heterocycles. The molecular formula is C25H32N4OS. The molecule has 2 aliphatic rings. The standard InChI is InChI=1S/C25H32N4OS/c1-16-7-8-23(30-5)20(11-16)22-15-31-24(29(22)4)14-19-12-18(3)21(13-17(19)2)28-25-26-9-6-10-27-25/h7-8,11-13,15,24H,6,9-10,14H2,1-5H3,(H2,26,27,28). The van der Waals surface area contributed by atoms with Crippen LogP contribution in [0.25, 0.3) is 5.70 Å². The summed E-state index contributed by atoms with van der Waals surface area (Å²) >= 11 is 1.88. The van der Waals surface area contributed by atoms with Crippen molar-refractivity contribution in [2.75, 3.05) is 32.6 Å². The third-order valence-electron chi connectivity index (χ3n) is 6.01. The van der Waals surface area contributed by atoms with E-state index in [9.17, 15) is 0 Å². The van der Waals surface area contributed by atoms with Gasteiger partial charge in [-0.25, -0.2) is 0 Å². The predicted octanol–water partition coefficient (Wildman–Crippen LogP) is 4.93. The summed E-state index contributed by atoms with van der Waals surface area (Å²) in [5.74, 6) is 1.81. The third-order valence-corrected chi connectivity index (χ3v) is 7.16. The van der Waals surface area contributed by atoms with E-state index in [0.29, 0.717) is 5.37 Å². The molecule has 0 bridgehead atoms. The summed E-state index contributed by atoms with van der Waals surface area (Å²) in [7, 11) is 3.92. The molecule has 2 N–H and O–H groups in total. The minimum Gasteiger partial charge on any atom is -0.496 e. The molecule has 5 nitrogen and oxygen atoms in total. The van der Waals surface area contributed by atoms with Crippen molar-refractivity contribution < 1.29 is 4.74 Å². The molecular weight excluding hydrogens is 404 g/mol. The fourth-order valence-electron chi connectivity index (χ4n) is 4.10. The van der Waals surface area contributed by atoms with E-state index in [0.717, 1.165) is 48.9 Å². The van der Waals surface area contributed by atoms with Crippen LogP contribution in [-0.4, -0.2) is 43.5 Å². The molecule has 0 fully saturated rings. The van der Waals surface area contributed by atoms with Crippen molar-refractivity contribution in [3.63, 3.8) is 0 Å². The second-order valence-corrected chi connectivity index (χ2v) is 9.39. The fraction of sp³-hybridized carbons (Fsp3) is 0.400. The van der Waals surface area contributed by atoms with Gasteiger partial charge in [0, 0.05) is 37.8 Å². The number of methoxy groups -OCH3 is 1. The largest absolute Gasteiger partial charge is 0.496 e. The van der Waals surface area contributed by atoms with Gasteiger partial charge in [0.15, 0.2) is 5.96 Å². The van der Waals surface area contributed by atoms with Crippen LogP contribution < -0.4 is 15.4 Å². The molecule has 0 spiro atoms. The minimum atomic E-state index is 0.363. The number of rotatable bonds is 5. The Balaban J connectivity index is 1.49. The Hall–Kier alpha value is -2.60. The number of nitrogens with zero attached hydrogens (tertiary/aromatic N) is 2. The van der Waals surface area contributed by atoms with Gasteiger partial charge >= 0.3 is 0 Å². The van der Waals surface area contributed by atoms with E-state index >= 15 is 0 Å². The Labute approximate surface area is 190 Å². The molecule has 2 heterocycles. The molecule has 2 aromatic carbocycles. The number of benzene rings is 2. The second kappa shape index (κ2) is 9.27. The number of hydrogen-bond donors (Lipinski definition) is 2.